The number of H-pyrrole nitrogens is 1. The fraction of sp³-hybridized carbons (Fsp3) is 0.0625. The first-order valence-corrected chi connectivity index (χ1v) is 6.22. The van der Waals surface area contributed by atoms with Crippen LogP contribution in [0.2, 0.25) is 0 Å². The number of halogens is 1. The maximum absolute atomic E-state index is 14.0. The van der Waals surface area contributed by atoms with Crippen LogP contribution in [0, 0.1) is 5.82 Å². The second kappa shape index (κ2) is 5.17. The Balaban J connectivity index is 1.98. The molecule has 0 aliphatic rings. The molecule has 0 bridgehead atoms. The van der Waals surface area contributed by atoms with Gasteiger partial charge < -0.3 is 9.72 Å². The van der Waals surface area contributed by atoms with Gasteiger partial charge in [-0.2, -0.15) is 0 Å². The molecular formula is C16H13FN2O. The number of imidazole rings is 1. The topological polar surface area (TPSA) is 37.9 Å². The van der Waals surface area contributed by atoms with E-state index in [2.05, 4.69) is 9.97 Å². The van der Waals surface area contributed by atoms with E-state index >= 15 is 0 Å². The highest BCUT2D eigenvalue weighted by atomic mass is 19.1. The number of hydrogen-bond donors (Lipinski definition) is 1. The smallest absolute Gasteiger partial charge is 0.137 e. The van der Waals surface area contributed by atoms with E-state index in [9.17, 15) is 4.39 Å². The van der Waals surface area contributed by atoms with Crippen LogP contribution in [-0.4, -0.2) is 17.1 Å². The molecule has 0 saturated heterocycles. The maximum atomic E-state index is 14.0. The number of rotatable bonds is 3. The van der Waals surface area contributed by atoms with Crippen LogP contribution in [0.15, 0.2) is 54.7 Å². The molecule has 0 radical (unpaired) electrons. The summed E-state index contributed by atoms with van der Waals surface area (Å²) in [6, 6.07) is 14.5. The van der Waals surface area contributed by atoms with Crippen LogP contribution in [0.4, 0.5) is 4.39 Å². The van der Waals surface area contributed by atoms with E-state index in [1.165, 1.54) is 13.2 Å². The quantitative estimate of drug-likeness (QED) is 0.782. The van der Waals surface area contributed by atoms with E-state index in [0.717, 1.165) is 11.4 Å². The zero-order valence-corrected chi connectivity index (χ0v) is 10.9. The Bertz CT molecular complexity index is 722. The summed E-state index contributed by atoms with van der Waals surface area (Å²) in [6.07, 6.45) is 1.63. The van der Waals surface area contributed by atoms with Crippen LogP contribution >= 0.6 is 0 Å². The predicted octanol–water partition coefficient (Wildman–Crippen LogP) is 3.89. The van der Waals surface area contributed by atoms with Crippen LogP contribution in [0.5, 0.6) is 5.75 Å². The van der Waals surface area contributed by atoms with Gasteiger partial charge in [0.15, 0.2) is 0 Å². The highest BCUT2D eigenvalue weighted by Gasteiger charge is 2.10. The van der Waals surface area contributed by atoms with Crippen molar-refractivity contribution in [3.63, 3.8) is 0 Å². The van der Waals surface area contributed by atoms with Crippen molar-refractivity contribution in [2.45, 2.75) is 0 Å². The molecule has 20 heavy (non-hydrogen) atoms. The molecule has 1 aromatic heterocycles. The van der Waals surface area contributed by atoms with E-state index in [0.29, 0.717) is 17.0 Å². The standard InChI is InChI=1S/C16H13FN2O/c1-20-12-7-8-13(14(17)9-12)15-10-18-16(19-15)11-5-3-2-4-6-11/h2-10H,1H3,(H,18,19). The molecule has 0 saturated carbocycles. The Kier molecular flexibility index (Phi) is 3.21. The van der Waals surface area contributed by atoms with Crippen LogP contribution in [0.25, 0.3) is 22.6 Å². The molecule has 0 atom stereocenters. The molecule has 0 amide bonds. The van der Waals surface area contributed by atoms with E-state index < -0.39 is 0 Å². The number of aromatic nitrogens is 2. The van der Waals surface area contributed by atoms with Crippen molar-refractivity contribution >= 4 is 0 Å². The number of nitrogens with one attached hydrogen (secondary N) is 1. The van der Waals surface area contributed by atoms with Gasteiger partial charge in [0, 0.05) is 17.2 Å². The molecule has 3 nitrogen and oxygen atoms in total. The van der Waals surface area contributed by atoms with E-state index in [1.54, 1.807) is 18.3 Å². The minimum atomic E-state index is -0.340. The SMILES string of the molecule is COc1ccc(-c2cnc(-c3ccccc3)[nH]2)c(F)c1. The first-order chi connectivity index (χ1) is 9.78. The summed E-state index contributed by atoms with van der Waals surface area (Å²) in [5, 5.41) is 0. The van der Waals surface area contributed by atoms with Gasteiger partial charge in [0.05, 0.1) is 19.0 Å². The van der Waals surface area contributed by atoms with Gasteiger partial charge in [-0.15, -0.1) is 0 Å². The van der Waals surface area contributed by atoms with Crippen LogP contribution in [-0.2, 0) is 0 Å². The molecule has 0 spiro atoms. The van der Waals surface area contributed by atoms with Crippen molar-refractivity contribution in [1.29, 1.82) is 0 Å². The molecule has 4 heteroatoms. The van der Waals surface area contributed by atoms with Gasteiger partial charge in [0.2, 0.25) is 0 Å². The van der Waals surface area contributed by atoms with Gasteiger partial charge in [0.1, 0.15) is 17.4 Å². The van der Waals surface area contributed by atoms with E-state index in [-0.39, 0.29) is 5.82 Å². The van der Waals surface area contributed by atoms with Gasteiger partial charge >= 0.3 is 0 Å². The van der Waals surface area contributed by atoms with Crippen LogP contribution in [0.3, 0.4) is 0 Å². The molecule has 0 unspecified atom stereocenters. The number of benzene rings is 2. The first-order valence-electron chi connectivity index (χ1n) is 6.22. The van der Waals surface area contributed by atoms with E-state index in [1.807, 2.05) is 30.3 Å². The fourth-order valence-corrected chi connectivity index (χ4v) is 2.04. The Morgan fingerprint density at radius 3 is 2.60 bits per heavy atom. The monoisotopic (exact) mass is 268 g/mol. The average Bonchev–Trinajstić information content (AvgIpc) is 2.97. The molecular weight excluding hydrogens is 255 g/mol. The summed E-state index contributed by atoms with van der Waals surface area (Å²) in [7, 11) is 1.51. The second-order valence-electron chi connectivity index (χ2n) is 4.36. The van der Waals surface area contributed by atoms with Gasteiger partial charge in [-0.25, -0.2) is 9.37 Å². The lowest BCUT2D eigenvalue weighted by molar-refractivity contribution is 0.411. The maximum Gasteiger partial charge on any atom is 0.137 e. The van der Waals surface area contributed by atoms with Crippen LogP contribution < -0.4 is 4.74 Å². The average molecular weight is 268 g/mol. The summed E-state index contributed by atoms with van der Waals surface area (Å²) in [5.41, 5.74) is 2.08. The number of hydrogen-bond acceptors (Lipinski definition) is 2. The lowest BCUT2D eigenvalue weighted by Crippen LogP contribution is -1.88. The third kappa shape index (κ3) is 2.28. The molecule has 0 aliphatic carbocycles. The number of methoxy groups -OCH3 is 1. The molecule has 0 fully saturated rings. The van der Waals surface area contributed by atoms with Gasteiger partial charge in [-0.3, -0.25) is 0 Å². The summed E-state index contributed by atoms with van der Waals surface area (Å²) < 4.78 is 19.0. The van der Waals surface area contributed by atoms with Crippen molar-refractivity contribution in [2.75, 3.05) is 7.11 Å². The molecule has 2 aromatic carbocycles. The molecule has 100 valence electrons. The summed E-state index contributed by atoms with van der Waals surface area (Å²) in [5.74, 6) is 0.873. The van der Waals surface area contributed by atoms with Crippen molar-refractivity contribution in [1.82, 2.24) is 9.97 Å². The molecule has 3 rings (SSSR count). The second-order valence-corrected chi connectivity index (χ2v) is 4.36. The van der Waals surface area contributed by atoms with Crippen molar-refractivity contribution < 1.29 is 9.13 Å². The van der Waals surface area contributed by atoms with Gasteiger partial charge in [-0.05, 0) is 12.1 Å². The Morgan fingerprint density at radius 2 is 1.90 bits per heavy atom. The third-order valence-corrected chi connectivity index (χ3v) is 3.09. The summed E-state index contributed by atoms with van der Waals surface area (Å²) in [4.78, 5) is 7.43. The fourth-order valence-electron chi connectivity index (χ4n) is 2.04. The summed E-state index contributed by atoms with van der Waals surface area (Å²) >= 11 is 0. The molecule has 1 N–H and O–H groups in total. The van der Waals surface area contributed by atoms with Crippen molar-refractivity contribution in [2.24, 2.45) is 0 Å². The Morgan fingerprint density at radius 1 is 1.10 bits per heavy atom. The minimum Gasteiger partial charge on any atom is -0.497 e. The first kappa shape index (κ1) is 12.4. The molecule has 3 aromatic rings. The lowest BCUT2D eigenvalue weighted by atomic mass is 10.1. The lowest BCUT2D eigenvalue weighted by Gasteiger charge is -2.03. The highest BCUT2D eigenvalue weighted by Crippen LogP contribution is 2.26. The van der Waals surface area contributed by atoms with E-state index in [4.69, 9.17) is 4.74 Å². The van der Waals surface area contributed by atoms with Crippen LogP contribution in [0.1, 0.15) is 0 Å². The number of ether oxygens (including phenoxy) is 1. The highest BCUT2D eigenvalue weighted by molar-refractivity contribution is 5.65. The largest absolute Gasteiger partial charge is 0.497 e. The van der Waals surface area contributed by atoms with Crippen molar-refractivity contribution in [3.05, 3.63) is 60.5 Å². The van der Waals surface area contributed by atoms with Gasteiger partial charge in [0.25, 0.3) is 0 Å². The molecule has 0 aliphatic heterocycles. The van der Waals surface area contributed by atoms with Crippen molar-refractivity contribution in [3.8, 4) is 28.4 Å². The van der Waals surface area contributed by atoms with Gasteiger partial charge in [-0.1, -0.05) is 30.3 Å². The Hall–Kier alpha value is -2.62. The summed E-state index contributed by atoms with van der Waals surface area (Å²) in [6.45, 7) is 0. The zero-order valence-electron chi connectivity index (χ0n) is 10.9. The third-order valence-electron chi connectivity index (χ3n) is 3.09. The molecule has 1 heterocycles. The zero-order chi connectivity index (χ0) is 13.9. The Labute approximate surface area is 116 Å². The minimum absolute atomic E-state index is 0.340. The number of aromatic amines is 1. The number of nitrogens with zero attached hydrogens (tertiary/aromatic N) is 1. The predicted molar refractivity (Wildman–Crippen MR) is 76.0 cm³/mol. The normalized spacial score (nSPS) is 10.5.